The van der Waals surface area contributed by atoms with Crippen molar-refractivity contribution in [3.63, 3.8) is 0 Å². The molecule has 20 heavy (non-hydrogen) atoms. The SMILES string of the molecule is N#Cc1ccc(Br)cc1NC(=O)c1ccc(CBr)cc1. The highest BCUT2D eigenvalue weighted by Crippen LogP contribution is 2.21. The zero-order chi connectivity index (χ0) is 14.5. The molecule has 0 heterocycles. The number of benzene rings is 2. The molecule has 1 amide bonds. The second-order valence-electron chi connectivity index (χ2n) is 4.09. The maximum Gasteiger partial charge on any atom is 0.255 e. The van der Waals surface area contributed by atoms with Crippen LogP contribution >= 0.6 is 31.9 Å². The molecule has 0 spiro atoms. The zero-order valence-corrected chi connectivity index (χ0v) is 13.5. The van der Waals surface area contributed by atoms with Crippen LogP contribution in [0.4, 0.5) is 5.69 Å². The minimum absolute atomic E-state index is 0.235. The van der Waals surface area contributed by atoms with Crippen LogP contribution in [0.15, 0.2) is 46.9 Å². The first-order valence-corrected chi connectivity index (χ1v) is 7.71. The van der Waals surface area contributed by atoms with Crippen molar-refractivity contribution in [3.05, 3.63) is 63.6 Å². The number of alkyl halides is 1. The number of nitriles is 1. The normalized spacial score (nSPS) is 9.85. The lowest BCUT2D eigenvalue weighted by molar-refractivity contribution is 0.102. The van der Waals surface area contributed by atoms with Gasteiger partial charge in [0.15, 0.2) is 0 Å². The molecule has 0 saturated heterocycles. The molecule has 0 saturated carbocycles. The summed E-state index contributed by atoms with van der Waals surface area (Å²) in [6.07, 6.45) is 0. The second-order valence-corrected chi connectivity index (χ2v) is 5.56. The van der Waals surface area contributed by atoms with E-state index in [9.17, 15) is 4.79 Å². The Labute approximate surface area is 133 Å². The van der Waals surface area contributed by atoms with Gasteiger partial charge < -0.3 is 5.32 Å². The number of nitrogens with one attached hydrogen (secondary N) is 1. The van der Waals surface area contributed by atoms with Crippen molar-refractivity contribution in [1.82, 2.24) is 0 Å². The number of nitrogens with zero attached hydrogens (tertiary/aromatic N) is 1. The summed E-state index contributed by atoms with van der Waals surface area (Å²) >= 11 is 6.68. The number of halogens is 2. The first kappa shape index (κ1) is 14.8. The van der Waals surface area contributed by atoms with Crippen molar-refractivity contribution < 1.29 is 4.79 Å². The second kappa shape index (κ2) is 6.69. The summed E-state index contributed by atoms with van der Waals surface area (Å²) in [4.78, 5) is 12.1. The Morgan fingerprint density at radius 1 is 1.20 bits per heavy atom. The monoisotopic (exact) mass is 392 g/mol. The first-order chi connectivity index (χ1) is 9.63. The van der Waals surface area contributed by atoms with Crippen molar-refractivity contribution in [2.24, 2.45) is 0 Å². The molecule has 0 radical (unpaired) electrons. The highest BCUT2D eigenvalue weighted by Gasteiger charge is 2.09. The zero-order valence-electron chi connectivity index (χ0n) is 10.4. The lowest BCUT2D eigenvalue weighted by Gasteiger charge is -2.08. The Hall–Kier alpha value is -1.64. The summed E-state index contributed by atoms with van der Waals surface area (Å²) in [5, 5.41) is 12.5. The maximum atomic E-state index is 12.1. The molecule has 0 atom stereocenters. The van der Waals surface area contributed by atoms with Gasteiger partial charge >= 0.3 is 0 Å². The average Bonchev–Trinajstić information content (AvgIpc) is 2.47. The van der Waals surface area contributed by atoms with E-state index in [1.807, 2.05) is 12.1 Å². The van der Waals surface area contributed by atoms with Gasteiger partial charge in [0.2, 0.25) is 0 Å². The lowest BCUT2D eigenvalue weighted by atomic mass is 10.1. The third kappa shape index (κ3) is 3.47. The number of hydrogen-bond acceptors (Lipinski definition) is 2. The van der Waals surface area contributed by atoms with Gasteiger partial charge in [-0.1, -0.05) is 44.0 Å². The van der Waals surface area contributed by atoms with Crippen molar-refractivity contribution in [3.8, 4) is 6.07 Å². The number of hydrogen-bond donors (Lipinski definition) is 1. The Balaban J connectivity index is 2.23. The van der Waals surface area contributed by atoms with E-state index < -0.39 is 0 Å². The third-order valence-electron chi connectivity index (χ3n) is 2.72. The van der Waals surface area contributed by atoms with E-state index in [1.54, 1.807) is 30.3 Å². The summed E-state index contributed by atoms with van der Waals surface area (Å²) in [6.45, 7) is 0. The van der Waals surface area contributed by atoms with Gasteiger partial charge in [-0.3, -0.25) is 4.79 Å². The van der Waals surface area contributed by atoms with Crippen LogP contribution in [-0.2, 0) is 5.33 Å². The molecule has 0 aliphatic heterocycles. The Morgan fingerprint density at radius 3 is 2.50 bits per heavy atom. The standard InChI is InChI=1S/C15H10Br2N2O/c16-8-10-1-3-11(4-2-10)15(20)19-14-7-13(17)6-5-12(14)9-18/h1-7H,8H2,(H,19,20). The average molecular weight is 394 g/mol. The molecule has 2 rings (SSSR count). The Morgan fingerprint density at radius 2 is 1.90 bits per heavy atom. The van der Waals surface area contributed by atoms with Crippen molar-refractivity contribution in [2.45, 2.75) is 5.33 Å². The number of carbonyl (C=O) groups is 1. The van der Waals surface area contributed by atoms with E-state index in [2.05, 4.69) is 43.2 Å². The van der Waals surface area contributed by atoms with Gasteiger partial charge in [-0.15, -0.1) is 0 Å². The molecule has 0 aromatic heterocycles. The summed E-state index contributed by atoms with van der Waals surface area (Å²) in [5.41, 5.74) is 2.58. The van der Waals surface area contributed by atoms with Crippen LogP contribution in [0.3, 0.4) is 0 Å². The minimum atomic E-state index is -0.235. The predicted molar refractivity (Wildman–Crippen MR) is 85.9 cm³/mol. The summed E-state index contributed by atoms with van der Waals surface area (Å²) in [6, 6.07) is 14.5. The van der Waals surface area contributed by atoms with E-state index in [0.717, 1.165) is 15.4 Å². The molecule has 100 valence electrons. The van der Waals surface area contributed by atoms with Crippen LogP contribution in [0.5, 0.6) is 0 Å². The molecule has 2 aromatic carbocycles. The van der Waals surface area contributed by atoms with E-state index in [0.29, 0.717) is 16.8 Å². The van der Waals surface area contributed by atoms with Crippen LogP contribution in [-0.4, -0.2) is 5.91 Å². The topological polar surface area (TPSA) is 52.9 Å². The molecular weight excluding hydrogens is 384 g/mol. The van der Waals surface area contributed by atoms with Gasteiger partial charge in [0.1, 0.15) is 6.07 Å². The number of anilines is 1. The molecule has 1 N–H and O–H groups in total. The Bertz CT molecular complexity index is 675. The van der Waals surface area contributed by atoms with Gasteiger partial charge in [-0.25, -0.2) is 0 Å². The molecule has 0 bridgehead atoms. The van der Waals surface area contributed by atoms with Gasteiger partial charge in [-0.05, 0) is 35.9 Å². The van der Waals surface area contributed by atoms with Crippen molar-refractivity contribution in [1.29, 1.82) is 5.26 Å². The fourth-order valence-corrected chi connectivity index (χ4v) is 2.39. The van der Waals surface area contributed by atoms with E-state index >= 15 is 0 Å². The van der Waals surface area contributed by atoms with Gasteiger partial charge in [0.25, 0.3) is 5.91 Å². The van der Waals surface area contributed by atoms with Gasteiger partial charge in [-0.2, -0.15) is 5.26 Å². The molecular formula is C15H10Br2N2O. The molecule has 2 aromatic rings. The van der Waals surface area contributed by atoms with Crippen LogP contribution in [0.25, 0.3) is 0 Å². The fraction of sp³-hybridized carbons (Fsp3) is 0.0667. The largest absolute Gasteiger partial charge is 0.321 e. The van der Waals surface area contributed by atoms with Crippen molar-refractivity contribution in [2.75, 3.05) is 5.32 Å². The van der Waals surface area contributed by atoms with E-state index in [-0.39, 0.29) is 5.91 Å². The first-order valence-electron chi connectivity index (χ1n) is 5.80. The van der Waals surface area contributed by atoms with Crippen LogP contribution in [0.2, 0.25) is 0 Å². The summed E-state index contributed by atoms with van der Waals surface area (Å²) < 4.78 is 0.807. The minimum Gasteiger partial charge on any atom is -0.321 e. The predicted octanol–water partition coefficient (Wildman–Crippen LogP) is 4.47. The molecule has 0 unspecified atom stereocenters. The number of amides is 1. The molecule has 5 heteroatoms. The molecule has 0 aliphatic rings. The van der Waals surface area contributed by atoms with Crippen LogP contribution < -0.4 is 5.32 Å². The quantitative estimate of drug-likeness (QED) is 0.782. The van der Waals surface area contributed by atoms with Gasteiger partial charge in [0, 0.05) is 15.4 Å². The Kier molecular flexibility index (Phi) is 4.94. The number of rotatable bonds is 3. The summed E-state index contributed by atoms with van der Waals surface area (Å²) in [5.74, 6) is -0.235. The van der Waals surface area contributed by atoms with Crippen LogP contribution in [0.1, 0.15) is 21.5 Å². The summed E-state index contributed by atoms with van der Waals surface area (Å²) in [7, 11) is 0. The molecule has 0 fully saturated rings. The lowest BCUT2D eigenvalue weighted by Crippen LogP contribution is -2.12. The maximum absolute atomic E-state index is 12.1. The smallest absolute Gasteiger partial charge is 0.255 e. The van der Waals surface area contributed by atoms with E-state index in [1.165, 1.54) is 0 Å². The highest BCUT2D eigenvalue weighted by atomic mass is 79.9. The fourth-order valence-electron chi connectivity index (χ4n) is 1.66. The highest BCUT2D eigenvalue weighted by molar-refractivity contribution is 9.10. The number of carbonyl (C=O) groups excluding carboxylic acids is 1. The molecule has 0 aliphatic carbocycles. The van der Waals surface area contributed by atoms with E-state index in [4.69, 9.17) is 5.26 Å². The molecule has 3 nitrogen and oxygen atoms in total. The van der Waals surface area contributed by atoms with Crippen LogP contribution in [0, 0.1) is 11.3 Å². The third-order valence-corrected chi connectivity index (χ3v) is 3.86. The van der Waals surface area contributed by atoms with Crippen molar-refractivity contribution >= 4 is 43.5 Å². The van der Waals surface area contributed by atoms with Gasteiger partial charge in [0.05, 0.1) is 11.3 Å².